The fourth-order valence-electron chi connectivity index (χ4n) is 1.64. The molecular formula is C13H18N2O3S. The maximum absolute atomic E-state index is 12.2. The Hall–Kier alpha value is -1.55. The minimum absolute atomic E-state index is 0.0374. The molecule has 0 saturated heterocycles. The molecule has 0 spiro atoms. The Balaban J connectivity index is 3.22. The number of nitrogens with one attached hydrogen (secondary N) is 1. The number of sulfonamides is 1. The number of nitrogens with zero attached hydrogens (tertiary/aromatic N) is 1. The van der Waals surface area contributed by atoms with Crippen LogP contribution in [0.15, 0.2) is 23.1 Å². The van der Waals surface area contributed by atoms with Crippen molar-refractivity contribution in [2.24, 2.45) is 0 Å². The third kappa shape index (κ3) is 3.47. The first kappa shape index (κ1) is 15.5. The minimum atomic E-state index is -3.56. The molecule has 1 N–H and O–H groups in total. The third-order valence-corrected chi connectivity index (χ3v) is 4.44. The maximum atomic E-state index is 12.2. The topological polar surface area (TPSA) is 58.6 Å². The maximum Gasteiger partial charge on any atom is 0.243 e. The van der Waals surface area contributed by atoms with Gasteiger partial charge >= 0.3 is 0 Å². The van der Waals surface area contributed by atoms with Gasteiger partial charge in [-0.1, -0.05) is 5.92 Å². The summed E-state index contributed by atoms with van der Waals surface area (Å²) in [5, 5.41) is 2.97. The number of ether oxygens (including phenoxy) is 1. The van der Waals surface area contributed by atoms with Gasteiger partial charge in [-0.2, -0.15) is 4.31 Å². The Kier molecular flexibility index (Phi) is 5.36. The van der Waals surface area contributed by atoms with Crippen LogP contribution in [-0.2, 0) is 16.6 Å². The molecule has 19 heavy (non-hydrogen) atoms. The Morgan fingerprint density at radius 2 is 2.16 bits per heavy atom. The predicted octanol–water partition coefficient (Wildman–Crippen LogP) is 0.668. The molecule has 0 aliphatic rings. The van der Waals surface area contributed by atoms with Gasteiger partial charge in [-0.3, -0.25) is 0 Å². The highest BCUT2D eigenvalue weighted by atomic mass is 32.2. The molecule has 0 saturated carbocycles. The molecule has 0 bridgehead atoms. The number of methoxy groups -OCH3 is 1. The lowest BCUT2D eigenvalue weighted by Gasteiger charge is -2.16. The number of hydrogen-bond acceptors (Lipinski definition) is 4. The van der Waals surface area contributed by atoms with E-state index in [2.05, 4.69) is 11.2 Å². The van der Waals surface area contributed by atoms with E-state index in [0.29, 0.717) is 12.3 Å². The first-order valence-electron chi connectivity index (χ1n) is 5.68. The van der Waals surface area contributed by atoms with E-state index in [1.807, 2.05) is 0 Å². The summed E-state index contributed by atoms with van der Waals surface area (Å²) in [6.45, 7) is 0.557. The Morgan fingerprint density at radius 1 is 1.47 bits per heavy atom. The SMILES string of the molecule is C#CCN(C)S(=O)(=O)c1ccc(OC)c(CNC)c1. The number of benzene rings is 1. The van der Waals surface area contributed by atoms with Gasteiger partial charge in [0.15, 0.2) is 0 Å². The highest BCUT2D eigenvalue weighted by molar-refractivity contribution is 7.89. The lowest BCUT2D eigenvalue weighted by atomic mass is 10.2. The van der Waals surface area contributed by atoms with Gasteiger partial charge in [-0.05, 0) is 25.2 Å². The van der Waals surface area contributed by atoms with Gasteiger partial charge in [0, 0.05) is 19.2 Å². The van der Waals surface area contributed by atoms with Gasteiger partial charge < -0.3 is 10.1 Å². The van der Waals surface area contributed by atoms with Crippen molar-refractivity contribution in [2.75, 3.05) is 27.7 Å². The minimum Gasteiger partial charge on any atom is -0.496 e. The Labute approximate surface area is 114 Å². The van der Waals surface area contributed by atoms with Crippen molar-refractivity contribution >= 4 is 10.0 Å². The van der Waals surface area contributed by atoms with Crippen LogP contribution in [0.2, 0.25) is 0 Å². The van der Waals surface area contributed by atoms with Crippen LogP contribution in [0.3, 0.4) is 0 Å². The second-order valence-electron chi connectivity index (χ2n) is 3.97. The fraction of sp³-hybridized carbons (Fsp3) is 0.385. The molecule has 1 rings (SSSR count). The predicted molar refractivity (Wildman–Crippen MR) is 74.4 cm³/mol. The molecular weight excluding hydrogens is 264 g/mol. The van der Waals surface area contributed by atoms with E-state index in [1.165, 1.54) is 13.1 Å². The van der Waals surface area contributed by atoms with Crippen LogP contribution in [0.25, 0.3) is 0 Å². The van der Waals surface area contributed by atoms with E-state index >= 15 is 0 Å². The molecule has 1 aromatic rings. The van der Waals surface area contributed by atoms with Crippen LogP contribution < -0.4 is 10.1 Å². The van der Waals surface area contributed by atoms with E-state index in [0.717, 1.165) is 9.87 Å². The zero-order valence-electron chi connectivity index (χ0n) is 11.3. The first-order chi connectivity index (χ1) is 8.97. The Bertz CT molecular complexity index is 576. The van der Waals surface area contributed by atoms with Gasteiger partial charge in [0.1, 0.15) is 5.75 Å². The fourth-order valence-corrected chi connectivity index (χ4v) is 2.77. The van der Waals surface area contributed by atoms with Crippen LogP contribution in [0.1, 0.15) is 5.56 Å². The zero-order valence-corrected chi connectivity index (χ0v) is 12.1. The molecule has 5 nitrogen and oxygen atoms in total. The lowest BCUT2D eigenvalue weighted by molar-refractivity contribution is 0.408. The summed E-state index contributed by atoms with van der Waals surface area (Å²) in [5.74, 6) is 2.96. The standard InChI is InChI=1S/C13H18N2O3S/c1-5-8-15(3)19(16,17)12-6-7-13(18-4)11(9-12)10-14-2/h1,6-7,9,14H,8,10H2,2-4H3. The summed E-state index contributed by atoms with van der Waals surface area (Å²) in [4.78, 5) is 0.205. The van der Waals surface area contributed by atoms with Crippen LogP contribution in [0, 0.1) is 12.3 Å². The van der Waals surface area contributed by atoms with E-state index in [4.69, 9.17) is 11.2 Å². The van der Waals surface area contributed by atoms with E-state index in [-0.39, 0.29) is 11.4 Å². The Morgan fingerprint density at radius 3 is 2.68 bits per heavy atom. The van der Waals surface area contributed by atoms with Crippen molar-refractivity contribution in [3.8, 4) is 18.1 Å². The number of hydrogen-bond donors (Lipinski definition) is 1. The molecule has 0 aromatic heterocycles. The molecule has 0 radical (unpaired) electrons. The summed E-state index contributed by atoms with van der Waals surface area (Å²) >= 11 is 0. The largest absolute Gasteiger partial charge is 0.496 e. The average Bonchev–Trinajstić information content (AvgIpc) is 2.39. The molecule has 0 amide bonds. The molecule has 6 heteroatoms. The van der Waals surface area contributed by atoms with E-state index < -0.39 is 10.0 Å². The van der Waals surface area contributed by atoms with Crippen molar-refractivity contribution in [3.05, 3.63) is 23.8 Å². The number of terminal acetylenes is 1. The molecule has 1 aromatic carbocycles. The van der Waals surface area contributed by atoms with Crippen molar-refractivity contribution in [3.63, 3.8) is 0 Å². The molecule has 0 heterocycles. The second kappa shape index (κ2) is 6.57. The number of rotatable bonds is 6. The van der Waals surface area contributed by atoms with Crippen LogP contribution in [0.5, 0.6) is 5.75 Å². The van der Waals surface area contributed by atoms with Gasteiger partial charge in [0.05, 0.1) is 18.6 Å². The third-order valence-electron chi connectivity index (χ3n) is 2.64. The van der Waals surface area contributed by atoms with Gasteiger partial charge in [-0.25, -0.2) is 8.42 Å². The van der Waals surface area contributed by atoms with Gasteiger partial charge in [0.25, 0.3) is 0 Å². The van der Waals surface area contributed by atoms with Crippen molar-refractivity contribution < 1.29 is 13.2 Å². The second-order valence-corrected chi connectivity index (χ2v) is 6.01. The molecule has 104 valence electrons. The van der Waals surface area contributed by atoms with Crippen LogP contribution in [-0.4, -0.2) is 40.5 Å². The van der Waals surface area contributed by atoms with Gasteiger partial charge in [-0.15, -0.1) is 6.42 Å². The normalized spacial score (nSPS) is 11.3. The molecule has 0 aliphatic carbocycles. The monoisotopic (exact) mass is 282 g/mol. The summed E-state index contributed by atoms with van der Waals surface area (Å²) in [5.41, 5.74) is 0.778. The summed E-state index contributed by atoms with van der Waals surface area (Å²) < 4.78 is 30.8. The van der Waals surface area contributed by atoms with Crippen LogP contribution in [0.4, 0.5) is 0 Å². The lowest BCUT2D eigenvalue weighted by Crippen LogP contribution is -2.27. The summed E-state index contributed by atoms with van der Waals surface area (Å²) in [7, 11) is 1.23. The molecule has 0 fully saturated rings. The van der Waals surface area contributed by atoms with Crippen LogP contribution >= 0.6 is 0 Å². The van der Waals surface area contributed by atoms with Gasteiger partial charge in [0.2, 0.25) is 10.0 Å². The molecule has 0 unspecified atom stereocenters. The van der Waals surface area contributed by atoms with Crippen molar-refractivity contribution in [1.82, 2.24) is 9.62 Å². The van der Waals surface area contributed by atoms with Crippen molar-refractivity contribution in [1.29, 1.82) is 0 Å². The molecule has 0 aliphatic heterocycles. The average molecular weight is 282 g/mol. The van der Waals surface area contributed by atoms with E-state index in [1.54, 1.807) is 26.3 Å². The van der Waals surface area contributed by atoms with E-state index in [9.17, 15) is 8.42 Å². The quantitative estimate of drug-likeness (QED) is 0.779. The zero-order chi connectivity index (χ0) is 14.5. The van der Waals surface area contributed by atoms with Crippen molar-refractivity contribution in [2.45, 2.75) is 11.4 Å². The smallest absolute Gasteiger partial charge is 0.243 e. The highest BCUT2D eigenvalue weighted by Crippen LogP contribution is 2.23. The highest BCUT2D eigenvalue weighted by Gasteiger charge is 2.21. The summed E-state index contributed by atoms with van der Waals surface area (Å²) in [6, 6.07) is 4.75. The first-order valence-corrected chi connectivity index (χ1v) is 7.12. The summed E-state index contributed by atoms with van der Waals surface area (Å²) in [6.07, 6.45) is 5.14. The molecule has 0 atom stereocenters.